The first-order valence-electron chi connectivity index (χ1n) is 4.95. The Balaban J connectivity index is 2.89. The molecule has 1 rings (SSSR count). The molecule has 0 amide bonds. The molecule has 0 spiro atoms. The second kappa shape index (κ2) is 4.42. The quantitative estimate of drug-likeness (QED) is 0.746. The molecular formula is C10H19N3. The van der Waals surface area contributed by atoms with E-state index in [0.29, 0.717) is 6.04 Å². The summed E-state index contributed by atoms with van der Waals surface area (Å²) in [5.74, 6) is 0. The van der Waals surface area contributed by atoms with Crippen LogP contribution in [0.5, 0.6) is 0 Å². The minimum Gasteiger partial charge on any atom is -0.310 e. The first-order valence-corrected chi connectivity index (χ1v) is 4.95. The average Bonchev–Trinajstić information content (AvgIpc) is 2.43. The van der Waals surface area contributed by atoms with Crippen molar-refractivity contribution < 1.29 is 0 Å². The third-order valence-electron chi connectivity index (χ3n) is 2.39. The minimum absolute atomic E-state index is 0.448. The van der Waals surface area contributed by atoms with E-state index in [2.05, 4.69) is 43.2 Å². The minimum atomic E-state index is 0.448. The Morgan fingerprint density at radius 2 is 2.08 bits per heavy atom. The van der Waals surface area contributed by atoms with E-state index in [1.165, 1.54) is 11.3 Å². The molecule has 1 aromatic rings. The van der Waals surface area contributed by atoms with Crippen molar-refractivity contribution in [3.63, 3.8) is 0 Å². The number of rotatable bonds is 4. The molecule has 0 saturated carbocycles. The lowest BCUT2D eigenvalue weighted by Gasteiger charge is -2.16. The van der Waals surface area contributed by atoms with E-state index in [4.69, 9.17) is 0 Å². The lowest BCUT2D eigenvalue weighted by molar-refractivity contribution is 0.533. The zero-order valence-electron chi connectivity index (χ0n) is 8.94. The number of nitrogens with zero attached hydrogens (tertiary/aromatic N) is 1. The van der Waals surface area contributed by atoms with E-state index in [9.17, 15) is 0 Å². The van der Waals surface area contributed by atoms with Crippen molar-refractivity contribution in [3.05, 3.63) is 17.0 Å². The summed E-state index contributed by atoms with van der Waals surface area (Å²) in [6, 6.07) is 0.448. The van der Waals surface area contributed by atoms with Crippen molar-refractivity contribution >= 4 is 0 Å². The van der Waals surface area contributed by atoms with Crippen LogP contribution in [-0.2, 0) is 0 Å². The van der Waals surface area contributed by atoms with E-state index in [1.807, 2.05) is 0 Å². The highest BCUT2D eigenvalue weighted by atomic mass is 15.1. The van der Waals surface area contributed by atoms with Gasteiger partial charge in [0.15, 0.2) is 0 Å². The van der Waals surface area contributed by atoms with E-state index < -0.39 is 0 Å². The first kappa shape index (κ1) is 10.3. The zero-order valence-corrected chi connectivity index (χ0v) is 8.94. The number of nitrogens with one attached hydrogen (secondary N) is 2. The van der Waals surface area contributed by atoms with Crippen LogP contribution in [0.25, 0.3) is 0 Å². The SMILES string of the molecule is CCNC(CC)c1c(C)n[nH]c1C. The predicted molar refractivity (Wildman–Crippen MR) is 54.8 cm³/mol. The molecule has 1 heterocycles. The highest BCUT2D eigenvalue weighted by Crippen LogP contribution is 2.21. The predicted octanol–water partition coefficient (Wildman–Crippen LogP) is 2.09. The fraction of sp³-hybridized carbons (Fsp3) is 0.700. The maximum atomic E-state index is 4.20. The Labute approximate surface area is 79.9 Å². The molecule has 0 aromatic carbocycles. The summed E-state index contributed by atoms with van der Waals surface area (Å²) in [5.41, 5.74) is 3.64. The summed E-state index contributed by atoms with van der Waals surface area (Å²) in [7, 11) is 0. The van der Waals surface area contributed by atoms with Gasteiger partial charge in [0.2, 0.25) is 0 Å². The molecule has 74 valence electrons. The van der Waals surface area contributed by atoms with Crippen molar-refractivity contribution in [3.8, 4) is 0 Å². The molecule has 0 radical (unpaired) electrons. The van der Waals surface area contributed by atoms with Crippen molar-refractivity contribution in [2.75, 3.05) is 6.54 Å². The molecule has 2 N–H and O–H groups in total. The Hall–Kier alpha value is -0.830. The lowest BCUT2D eigenvalue weighted by atomic mass is 10.0. The van der Waals surface area contributed by atoms with Crippen molar-refractivity contribution in [2.24, 2.45) is 0 Å². The molecule has 13 heavy (non-hydrogen) atoms. The van der Waals surface area contributed by atoms with Crippen molar-refractivity contribution in [1.82, 2.24) is 15.5 Å². The number of aromatic amines is 1. The smallest absolute Gasteiger partial charge is 0.0641 e. The van der Waals surface area contributed by atoms with Gasteiger partial charge in [-0.05, 0) is 26.8 Å². The average molecular weight is 181 g/mol. The summed E-state index contributed by atoms with van der Waals surface area (Å²) in [4.78, 5) is 0. The Morgan fingerprint density at radius 3 is 2.46 bits per heavy atom. The highest BCUT2D eigenvalue weighted by molar-refractivity contribution is 5.26. The van der Waals surface area contributed by atoms with Gasteiger partial charge in [-0.25, -0.2) is 0 Å². The van der Waals surface area contributed by atoms with Crippen LogP contribution in [-0.4, -0.2) is 16.7 Å². The fourth-order valence-corrected chi connectivity index (χ4v) is 1.77. The van der Waals surface area contributed by atoms with E-state index >= 15 is 0 Å². The molecule has 0 aliphatic heterocycles. The van der Waals surface area contributed by atoms with Gasteiger partial charge in [-0.15, -0.1) is 0 Å². The normalized spacial score (nSPS) is 13.2. The molecule has 3 nitrogen and oxygen atoms in total. The number of aromatic nitrogens is 2. The van der Waals surface area contributed by atoms with Crippen molar-refractivity contribution in [1.29, 1.82) is 0 Å². The van der Waals surface area contributed by atoms with E-state index in [-0.39, 0.29) is 0 Å². The van der Waals surface area contributed by atoms with Crippen LogP contribution in [0.3, 0.4) is 0 Å². The van der Waals surface area contributed by atoms with Gasteiger partial charge in [0.05, 0.1) is 5.69 Å². The first-order chi connectivity index (χ1) is 6.20. The highest BCUT2D eigenvalue weighted by Gasteiger charge is 2.15. The summed E-state index contributed by atoms with van der Waals surface area (Å²) < 4.78 is 0. The molecule has 1 unspecified atom stereocenters. The Morgan fingerprint density at radius 1 is 1.38 bits per heavy atom. The van der Waals surface area contributed by atoms with Gasteiger partial charge in [0.25, 0.3) is 0 Å². The maximum absolute atomic E-state index is 4.20. The molecule has 0 bridgehead atoms. The van der Waals surface area contributed by atoms with Gasteiger partial charge in [-0.2, -0.15) is 5.10 Å². The van der Waals surface area contributed by atoms with Crippen LogP contribution in [0.1, 0.15) is 43.3 Å². The van der Waals surface area contributed by atoms with Gasteiger partial charge in [0, 0.05) is 17.3 Å². The van der Waals surface area contributed by atoms with Gasteiger partial charge in [-0.1, -0.05) is 13.8 Å². The second-order valence-corrected chi connectivity index (χ2v) is 3.37. The Kier molecular flexibility index (Phi) is 3.48. The standard InChI is InChI=1S/C10H19N3/c1-5-9(11-6-2)10-7(3)12-13-8(10)4/h9,11H,5-6H2,1-4H3,(H,12,13). The molecule has 0 fully saturated rings. The molecule has 0 aliphatic carbocycles. The van der Waals surface area contributed by atoms with Crippen LogP contribution in [0.15, 0.2) is 0 Å². The molecule has 1 aromatic heterocycles. The molecule has 0 saturated heterocycles. The van der Waals surface area contributed by atoms with Crippen LogP contribution in [0, 0.1) is 13.8 Å². The maximum Gasteiger partial charge on any atom is 0.0641 e. The number of hydrogen-bond acceptors (Lipinski definition) is 2. The van der Waals surface area contributed by atoms with Crippen LogP contribution >= 0.6 is 0 Å². The van der Waals surface area contributed by atoms with Gasteiger partial charge < -0.3 is 5.32 Å². The molecule has 0 aliphatic rings. The molecule has 1 atom stereocenters. The van der Waals surface area contributed by atoms with E-state index in [0.717, 1.165) is 18.7 Å². The van der Waals surface area contributed by atoms with E-state index in [1.54, 1.807) is 0 Å². The zero-order chi connectivity index (χ0) is 9.84. The summed E-state index contributed by atoms with van der Waals surface area (Å²) >= 11 is 0. The molecule has 3 heteroatoms. The summed E-state index contributed by atoms with van der Waals surface area (Å²) in [6.45, 7) is 9.46. The number of aryl methyl sites for hydroxylation is 2. The second-order valence-electron chi connectivity index (χ2n) is 3.37. The summed E-state index contributed by atoms with van der Waals surface area (Å²) in [5, 5.41) is 10.7. The summed E-state index contributed by atoms with van der Waals surface area (Å²) in [6.07, 6.45) is 1.11. The largest absolute Gasteiger partial charge is 0.310 e. The Bertz CT molecular complexity index is 246. The monoisotopic (exact) mass is 181 g/mol. The fourth-order valence-electron chi connectivity index (χ4n) is 1.77. The lowest BCUT2D eigenvalue weighted by Crippen LogP contribution is -2.21. The van der Waals surface area contributed by atoms with Crippen molar-refractivity contribution in [2.45, 2.75) is 40.2 Å². The third-order valence-corrected chi connectivity index (χ3v) is 2.39. The van der Waals surface area contributed by atoms with Gasteiger partial charge >= 0.3 is 0 Å². The number of H-pyrrole nitrogens is 1. The van der Waals surface area contributed by atoms with Crippen LogP contribution < -0.4 is 5.32 Å². The topological polar surface area (TPSA) is 40.7 Å². The number of hydrogen-bond donors (Lipinski definition) is 2. The van der Waals surface area contributed by atoms with Gasteiger partial charge in [-0.3, -0.25) is 5.10 Å². The van der Waals surface area contributed by atoms with Crippen LogP contribution in [0.2, 0.25) is 0 Å². The van der Waals surface area contributed by atoms with Gasteiger partial charge in [0.1, 0.15) is 0 Å². The van der Waals surface area contributed by atoms with Crippen LogP contribution in [0.4, 0.5) is 0 Å². The third kappa shape index (κ3) is 2.10. The molecular weight excluding hydrogens is 162 g/mol.